The van der Waals surface area contributed by atoms with Crippen LogP contribution in [0, 0.1) is 13.8 Å². The van der Waals surface area contributed by atoms with Crippen molar-refractivity contribution in [2.75, 3.05) is 4.90 Å². The first kappa shape index (κ1) is 27.7. The van der Waals surface area contributed by atoms with Crippen molar-refractivity contribution in [2.24, 2.45) is 0 Å². The number of hydrogen-bond donors (Lipinski definition) is 0. The second kappa shape index (κ2) is 11.3. The van der Waals surface area contributed by atoms with Gasteiger partial charge in [-0.05, 0) is 113 Å². The zero-order valence-corrected chi connectivity index (χ0v) is 25.9. The first-order chi connectivity index (χ1) is 22.6. The van der Waals surface area contributed by atoms with Crippen molar-refractivity contribution in [3.8, 4) is 22.3 Å². The Kier molecular flexibility index (Phi) is 6.80. The van der Waals surface area contributed by atoms with Crippen LogP contribution in [0.15, 0.2) is 164 Å². The molecule has 0 fully saturated rings. The molecule has 0 radical (unpaired) electrons. The van der Waals surface area contributed by atoms with Crippen molar-refractivity contribution in [3.05, 3.63) is 198 Å². The quantitative estimate of drug-likeness (QED) is 0.199. The van der Waals surface area contributed by atoms with Gasteiger partial charge < -0.3 is 4.90 Å². The maximum Gasteiger partial charge on any atom is 0.0742 e. The summed E-state index contributed by atoms with van der Waals surface area (Å²) in [6, 6.07) is 51.1. The van der Waals surface area contributed by atoms with Gasteiger partial charge in [0.05, 0.1) is 16.8 Å². The van der Waals surface area contributed by atoms with E-state index >= 15 is 0 Å². The molecule has 0 spiro atoms. The van der Waals surface area contributed by atoms with Gasteiger partial charge in [0, 0.05) is 30.5 Å². The summed E-state index contributed by atoms with van der Waals surface area (Å²) in [5, 5.41) is 0. The Hall–Kier alpha value is -5.80. The summed E-state index contributed by atoms with van der Waals surface area (Å²) in [7, 11) is 0. The second-order valence-electron chi connectivity index (χ2n) is 12.1. The van der Waals surface area contributed by atoms with Gasteiger partial charge >= 0.3 is 0 Å². The molecule has 0 saturated heterocycles. The summed E-state index contributed by atoms with van der Waals surface area (Å²) in [5.74, 6) is 0. The van der Waals surface area contributed by atoms with Gasteiger partial charge in [0.25, 0.3) is 0 Å². The zero-order chi connectivity index (χ0) is 31.1. The minimum Gasteiger partial charge on any atom is -0.310 e. The number of nitrogens with zero attached hydrogens (tertiary/aromatic N) is 3. The Morgan fingerprint density at radius 3 is 1.30 bits per heavy atom. The number of aryl methyl sites for hydroxylation is 2. The van der Waals surface area contributed by atoms with Crippen LogP contribution in [-0.4, -0.2) is 9.97 Å². The minimum absolute atomic E-state index is 0.516. The summed E-state index contributed by atoms with van der Waals surface area (Å²) in [6.45, 7) is 4.39. The number of rotatable bonds is 5. The highest BCUT2D eigenvalue weighted by molar-refractivity contribution is 5.92. The summed E-state index contributed by atoms with van der Waals surface area (Å²) < 4.78 is 0. The third-order valence-corrected chi connectivity index (χ3v) is 9.21. The molecular formula is C43H33N3. The Balaban J connectivity index is 1.48. The number of anilines is 3. The average molecular weight is 592 g/mol. The van der Waals surface area contributed by atoms with Crippen LogP contribution in [0.1, 0.15) is 33.4 Å². The molecule has 2 aromatic heterocycles. The van der Waals surface area contributed by atoms with Crippen molar-refractivity contribution >= 4 is 17.1 Å². The first-order valence-electron chi connectivity index (χ1n) is 15.7. The van der Waals surface area contributed by atoms with E-state index in [4.69, 9.17) is 0 Å². The lowest BCUT2D eigenvalue weighted by Gasteiger charge is -2.47. The molecule has 0 bridgehead atoms. The minimum atomic E-state index is -0.516. The van der Waals surface area contributed by atoms with Crippen molar-refractivity contribution in [2.45, 2.75) is 19.3 Å². The SMILES string of the molecule is Cc1ccc2c(c1)C(c1ccccc1)(c1ccccc1)c1cc(C)ccc1N2c1cc(-c2ccncc2)cc(-c2ccncc2)c1. The second-order valence-corrected chi connectivity index (χ2v) is 12.1. The molecule has 0 N–H and O–H groups in total. The fourth-order valence-electron chi connectivity index (χ4n) is 7.17. The van der Waals surface area contributed by atoms with E-state index in [0.717, 1.165) is 27.9 Å². The molecule has 8 rings (SSSR count). The lowest BCUT2D eigenvalue weighted by molar-refractivity contribution is 0.729. The van der Waals surface area contributed by atoms with Gasteiger partial charge in [-0.2, -0.15) is 0 Å². The highest BCUT2D eigenvalue weighted by Crippen LogP contribution is 2.58. The Bertz CT molecular complexity index is 2010. The molecule has 0 saturated carbocycles. The standard InChI is InChI=1S/C43H33N3/c1-30-13-15-41-39(25-30)43(36-9-5-3-6-10-36,37-11-7-4-8-12-37)40-26-31(2)14-16-42(40)46(41)38-28-34(32-17-21-44-22-18-32)27-35(29-38)33-19-23-45-24-20-33/h3-29H,1-2H3. The molecule has 3 heterocycles. The fourth-order valence-corrected chi connectivity index (χ4v) is 7.17. The third-order valence-electron chi connectivity index (χ3n) is 9.21. The smallest absolute Gasteiger partial charge is 0.0742 e. The molecule has 3 nitrogen and oxygen atoms in total. The molecule has 7 aromatic rings. The Labute approximate surface area is 270 Å². The number of fused-ring (bicyclic) bond motifs is 2. The summed E-state index contributed by atoms with van der Waals surface area (Å²) >= 11 is 0. The molecule has 1 aliphatic heterocycles. The van der Waals surface area contributed by atoms with E-state index in [1.165, 1.54) is 44.8 Å². The maximum absolute atomic E-state index is 4.29. The van der Waals surface area contributed by atoms with Gasteiger partial charge in [0.15, 0.2) is 0 Å². The van der Waals surface area contributed by atoms with Crippen molar-refractivity contribution in [1.29, 1.82) is 0 Å². The topological polar surface area (TPSA) is 29.0 Å². The number of aromatic nitrogens is 2. The predicted octanol–water partition coefficient (Wildman–Crippen LogP) is 10.6. The van der Waals surface area contributed by atoms with Crippen LogP contribution in [0.2, 0.25) is 0 Å². The van der Waals surface area contributed by atoms with Crippen LogP contribution in [0.4, 0.5) is 17.1 Å². The Morgan fingerprint density at radius 2 is 0.870 bits per heavy atom. The lowest BCUT2D eigenvalue weighted by Crippen LogP contribution is -2.38. The molecular weight excluding hydrogens is 558 g/mol. The number of hydrogen-bond acceptors (Lipinski definition) is 3. The molecule has 0 amide bonds. The highest BCUT2D eigenvalue weighted by Gasteiger charge is 2.46. The molecule has 0 aliphatic carbocycles. The molecule has 46 heavy (non-hydrogen) atoms. The van der Waals surface area contributed by atoms with Crippen molar-refractivity contribution in [1.82, 2.24) is 9.97 Å². The van der Waals surface area contributed by atoms with E-state index in [1.54, 1.807) is 0 Å². The predicted molar refractivity (Wildman–Crippen MR) is 189 cm³/mol. The zero-order valence-electron chi connectivity index (χ0n) is 25.9. The van der Waals surface area contributed by atoms with E-state index in [2.05, 4.69) is 168 Å². The lowest BCUT2D eigenvalue weighted by atomic mass is 9.62. The summed E-state index contributed by atoms with van der Waals surface area (Å²) in [4.78, 5) is 11.1. The molecule has 5 aromatic carbocycles. The van der Waals surface area contributed by atoms with Gasteiger partial charge in [0.2, 0.25) is 0 Å². The fraction of sp³-hybridized carbons (Fsp3) is 0.0698. The molecule has 0 unspecified atom stereocenters. The van der Waals surface area contributed by atoms with Crippen LogP contribution in [0.3, 0.4) is 0 Å². The van der Waals surface area contributed by atoms with Gasteiger partial charge in [-0.3, -0.25) is 9.97 Å². The van der Waals surface area contributed by atoms with Crippen LogP contribution in [-0.2, 0) is 5.41 Å². The van der Waals surface area contributed by atoms with Crippen molar-refractivity contribution < 1.29 is 0 Å². The van der Waals surface area contributed by atoms with E-state index in [-0.39, 0.29) is 0 Å². The third kappa shape index (κ3) is 4.52. The van der Waals surface area contributed by atoms with Crippen LogP contribution in [0.5, 0.6) is 0 Å². The van der Waals surface area contributed by atoms with Gasteiger partial charge in [-0.25, -0.2) is 0 Å². The van der Waals surface area contributed by atoms with Crippen LogP contribution >= 0.6 is 0 Å². The highest BCUT2D eigenvalue weighted by atomic mass is 15.2. The molecule has 1 aliphatic rings. The first-order valence-corrected chi connectivity index (χ1v) is 15.7. The van der Waals surface area contributed by atoms with Crippen molar-refractivity contribution in [3.63, 3.8) is 0 Å². The summed E-state index contributed by atoms with van der Waals surface area (Å²) in [6.07, 6.45) is 7.44. The number of benzene rings is 5. The van der Waals surface area contributed by atoms with Gasteiger partial charge in [-0.1, -0.05) is 96.1 Å². The normalized spacial score (nSPS) is 13.1. The molecule has 3 heteroatoms. The monoisotopic (exact) mass is 591 g/mol. The van der Waals surface area contributed by atoms with E-state index in [0.29, 0.717) is 0 Å². The van der Waals surface area contributed by atoms with Crippen LogP contribution in [0.25, 0.3) is 22.3 Å². The molecule has 0 atom stereocenters. The van der Waals surface area contributed by atoms with E-state index < -0.39 is 5.41 Å². The van der Waals surface area contributed by atoms with Gasteiger partial charge in [-0.15, -0.1) is 0 Å². The van der Waals surface area contributed by atoms with Crippen LogP contribution < -0.4 is 4.90 Å². The Morgan fingerprint density at radius 1 is 0.435 bits per heavy atom. The largest absolute Gasteiger partial charge is 0.310 e. The summed E-state index contributed by atoms with van der Waals surface area (Å²) in [5.41, 5.74) is 14.9. The molecule has 220 valence electrons. The maximum atomic E-state index is 4.29. The van der Waals surface area contributed by atoms with Gasteiger partial charge in [0.1, 0.15) is 0 Å². The number of pyridine rings is 2. The van der Waals surface area contributed by atoms with E-state index in [1.807, 2.05) is 24.8 Å². The van der Waals surface area contributed by atoms with E-state index in [9.17, 15) is 0 Å². The average Bonchev–Trinajstić information content (AvgIpc) is 3.12.